The molecule has 16 heavy (non-hydrogen) atoms. The largest absolute Gasteiger partial charge is 0.375 e. The van der Waals surface area contributed by atoms with Crippen LogP contribution in [0.4, 0.5) is 0 Å². The normalized spacial score (nSPS) is 31.7. The number of hydrogen-bond acceptors (Lipinski definition) is 2. The fourth-order valence-corrected chi connectivity index (χ4v) is 2.66. The summed E-state index contributed by atoms with van der Waals surface area (Å²) in [6, 6.07) is 0. The summed E-state index contributed by atoms with van der Waals surface area (Å²) >= 11 is 0. The molecule has 0 radical (unpaired) electrons. The van der Waals surface area contributed by atoms with E-state index in [4.69, 9.17) is 10.5 Å². The maximum absolute atomic E-state index is 6.02. The Kier molecular flexibility index (Phi) is 5.26. The van der Waals surface area contributed by atoms with Gasteiger partial charge in [-0.25, -0.2) is 0 Å². The first kappa shape index (κ1) is 14.0. The Morgan fingerprint density at radius 1 is 1.19 bits per heavy atom. The number of nitrogens with two attached hydrogens (primary N) is 1. The van der Waals surface area contributed by atoms with E-state index in [1.807, 2.05) is 0 Å². The first-order chi connectivity index (χ1) is 7.43. The summed E-state index contributed by atoms with van der Waals surface area (Å²) in [7, 11) is 0. The SMILES string of the molecule is CC1CC(C(C)(C)C)CC(CCCCN)O1. The molecule has 1 fully saturated rings. The lowest BCUT2D eigenvalue weighted by Crippen LogP contribution is -2.37. The minimum atomic E-state index is 0.421. The molecule has 0 aliphatic carbocycles. The van der Waals surface area contributed by atoms with E-state index < -0.39 is 0 Å². The molecule has 0 aromatic heterocycles. The van der Waals surface area contributed by atoms with E-state index in [0.717, 1.165) is 18.9 Å². The average molecular weight is 227 g/mol. The van der Waals surface area contributed by atoms with Crippen LogP contribution in [0.5, 0.6) is 0 Å². The van der Waals surface area contributed by atoms with Crippen LogP contribution in [0.15, 0.2) is 0 Å². The first-order valence-corrected chi connectivity index (χ1v) is 6.79. The molecule has 0 saturated carbocycles. The second kappa shape index (κ2) is 6.02. The van der Waals surface area contributed by atoms with E-state index in [1.54, 1.807) is 0 Å². The second-order valence-electron chi connectivity index (χ2n) is 6.39. The summed E-state index contributed by atoms with van der Waals surface area (Å²) in [5.41, 5.74) is 5.95. The maximum atomic E-state index is 6.02. The highest BCUT2D eigenvalue weighted by molar-refractivity contribution is 4.83. The average Bonchev–Trinajstić information content (AvgIpc) is 2.16. The highest BCUT2D eigenvalue weighted by Gasteiger charge is 2.33. The fraction of sp³-hybridized carbons (Fsp3) is 1.00. The Bertz CT molecular complexity index is 197. The lowest BCUT2D eigenvalue weighted by Gasteiger charge is -2.40. The molecule has 0 bridgehead atoms. The van der Waals surface area contributed by atoms with Gasteiger partial charge >= 0.3 is 0 Å². The van der Waals surface area contributed by atoms with Crippen molar-refractivity contribution in [2.24, 2.45) is 17.1 Å². The Morgan fingerprint density at radius 3 is 2.44 bits per heavy atom. The smallest absolute Gasteiger partial charge is 0.0581 e. The van der Waals surface area contributed by atoms with Gasteiger partial charge in [-0.05, 0) is 56.9 Å². The van der Waals surface area contributed by atoms with Crippen LogP contribution in [-0.2, 0) is 4.74 Å². The van der Waals surface area contributed by atoms with Gasteiger partial charge < -0.3 is 10.5 Å². The lowest BCUT2D eigenvalue weighted by atomic mass is 9.73. The van der Waals surface area contributed by atoms with Crippen LogP contribution in [0.25, 0.3) is 0 Å². The van der Waals surface area contributed by atoms with Gasteiger partial charge in [0.2, 0.25) is 0 Å². The van der Waals surface area contributed by atoms with Crippen molar-refractivity contribution >= 4 is 0 Å². The van der Waals surface area contributed by atoms with Crippen molar-refractivity contribution in [1.82, 2.24) is 0 Å². The van der Waals surface area contributed by atoms with Crippen LogP contribution in [0.1, 0.15) is 59.8 Å². The van der Waals surface area contributed by atoms with Crippen molar-refractivity contribution in [2.75, 3.05) is 6.54 Å². The third-order valence-electron chi connectivity index (χ3n) is 3.79. The summed E-state index contributed by atoms with van der Waals surface area (Å²) in [6.07, 6.45) is 6.89. The predicted molar refractivity (Wildman–Crippen MR) is 69.4 cm³/mol. The third-order valence-corrected chi connectivity index (χ3v) is 3.79. The van der Waals surface area contributed by atoms with E-state index in [1.165, 1.54) is 25.7 Å². The minimum Gasteiger partial charge on any atom is -0.375 e. The van der Waals surface area contributed by atoms with Gasteiger partial charge in [-0.15, -0.1) is 0 Å². The quantitative estimate of drug-likeness (QED) is 0.748. The molecule has 3 unspecified atom stereocenters. The van der Waals surface area contributed by atoms with Crippen molar-refractivity contribution in [3.05, 3.63) is 0 Å². The molecule has 1 aliphatic rings. The molecular weight excluding hydrogens is 198 g/mol. The zero-order valence-electron chi connectivity index (χ0n) is 11.5. The summed E-state index contributed by atoms with van der Waals surface area (Å²) in [4.78, 5) is 0. The molecule has 0 spiro atoms. The Morgan fingerprint density at radius 2 is 1.88 bits per heavy atom. The number of hydrogen-bond donors (Lipinski definition) is 1. The highest BCUT2D eigenvalue weighted by atomic mass is 16.5. The Balaban J connectivity index is 2.41. The minimum absolute atomic E-state index is 0.421. The van der Waals surface area contributed by atoms with Gasteiger partial charge in [0.05, 0.1) is 12.2 Å². The zero-order chi connectivity index (χ0) is 12.2. The topological polar surface area (TPSA) is 35.2 Å². The molecule has 0 aromatic rings. The third kappa shape index (κ3) is 4.42. The van der Waals surface area contributed by atoms with Crippen molar-refractivity contribution < 1.29 is 4.74 Å². The Hall–Kier alpha value is -0.0800. The van der Waals surface area contributed by atoms with Gasteiger partial charge in [0.25, 0.3) is 0 Å². The molecule has 1 saturated heterocycles. The van der Waals surface area contributed by atoms with Gasteiger partial charge in [-0.1, -0.05) is 20.8 Å². The predicted octanol–water partition coefficient (Wildman–Crippen LogP) is 3.35. The molecule has 2 heteroatoms. The molecule has 96 valence electrons. The van der Waals surface area contributed by atoms with Gasteiger partial charge in [-0.2, -0.15) is 0 Å². The van der Waals surface area contributed by atoms with E-state index in [-0.39, 0.29) is 0 Å². The molecule has 0 amide bonds. The zero-order valence-corrected chi connectivity index (χ0v) is 11.5. The fourth-order valence-electron chi connectivity index (χ4n) is 2.66. The number of rotatable bonds is 4. The summed E-state index contributed by atoms with van der Waals surface area (Å²) < 4.78 is 6.02. The monoisotopic (exact) mass is 227 g/mol. The molecule has 1 heterocycles. The van der Waals surface area contributed by atoms with Crippen LogP contribution in [0.3, 0.4) is 0 Å². The molecule has 0 aromatic carbocycles. The van der Waals surface area contributed by atoms with Crippen LogP contribution in [0, 0.1) is 11.3 Å². The van der Waals surface area contributed by atoms with Gasteiger partial charge in [0.15, 0.2) is 0 Å². The number of ether oxygens (including phenoxy) is 1. The Labute approximate surface area is 101 Å². The van der Waals surface area contributed by atoms with Crippen molar-refractivity contribution in [3.8, 4) is 0 Å². The van der Waals surface area contributed by atoms with Gasteiger partial charge in [0.1, 0.15) is 0 Å². The molecule has 3 atom stereocenters. The summed E-state index contributed by atoms with van der Waals surface area (Å²) in [6.45, 7) is 10.1. The molecule has 1 aliphatic heterocycles. The molecule has 2 nitrogen and oxygen atoms in total. The van der Waals surface area contributed by atoms with Crippen LogP contribution < -0.4 is 5.73 Å². The van der Waals surface area contributed by atoms with E-state index >= 15 is 0 Å². The van der Waals surface area contributed by atoms with Crippen molar-refractivity contribution in [2.45, 2.75) is 72.0 Å². The van der Waals surface area contributed by atoms with Crippen molar-refractivity contribution in [1.29, 1.82) is 0 Å². The second-order valence-corrected chi connectivity index (χ2v) is 6.39. The highest BCUT2D eigenvalue weighted by Crippen LogP contribution is 2.39. The summed E-state index contributed by atoms with van der Waals surface area (Å²) in [5.74, 6) is 0.805. The van der Waals surface area contributed by atoms with Crippen LogP contribution in [-0.4, -0.2) is 18.8 Å². The number of unbranched alkanes of at least 4 members (excludes halogenated alkanes) is 1. The lowest BCUT2D eigenvalue weighted by molar-refractivity contribution is -0.0854. The molecule has 2 N–H and O–H groups in total. The molecular formula is C14H29NO. The first-order valence-electron chi connectivity index (χ1n) is 6.79. The standard InChI is InChI=1S/C14H29NO/c1-11-9-12(14(2,3)4)10-13(16-11)7-5-6-8-15/h11-13H,5-10,15H2,1-4H3. The van der Waals surface area contributed by atoms with Crippen LogP contribution in [0.2, 0.25) is 0 Å². The van der Waals surface area contributed by atoms with E-state index in [9.17, 15) is 0 Å². The van der Waals surface area contributed by atoms with E-state index in [0.29, 0.717) is 17.6 Å². The van der Waals surface area contributed by atoms with Crippen molar-refractivity contribution in [3.63, 3.8) is 0 Å². The van der Waals surface area contributed by atoms with Crippen LogP contribution >= 0.6 is 0 Å². The van der Waals surface area contributed by atoms with E-state index in [2.05, 4.69) is 27.7 Å². The summed E-state index contributed by atoms with van der Waals surface area (Å²) in [5, 5.41) is 0. The van der Waals surface area contributed by atoms with Gasteiger partial charge in [-0.3, -0.25) is 0 Å². The van der Waals surface area contributed by atoms with Gasteiger partial charge in [0, 0.05) is 0 Å². The molecule has 1 rings (SSSR count). The maximum Gasteiger partial charge on any atom is 0.0581 e.